The lowest BCUT2D eigenvalue weighted by atomic mass is 10.1. The quantitative estimate of drug-likeness (QED) is 0.383. The summed E-state index contributed by atoms with van der Waals surface area (Å²) in [6.45, 7) is 3.57. The second-order valence-electron chi connectivity index (χ2n) is 9.07. The Balaban J connectivity index is 1.48. The van der Waals surface area contributed by atoms with E-state index in [1.54, 1.807) is 41.0 Å². The third-order valence-corrected chi connectivity index (χ3v) is 6.36. The maximum Gasteiger partial charge on any atom is 0.274 e. The van der Waals surface area contributed by atoms with Gasteiger partial charge in [-0.25, -0.2) is 0 Å². The van der Waals surface area contributed by atoms with Crippen LogP contribution in [0.5, 0.6) is 0 Å². The molecule has 2 aromatic rings. The van der Waals surface area contributed by atoms with Gasteiger partial charge in [0.1, 0.15) is 23.5 Å². The zero-order valence-corrected chi connectivity index (χ0v) is 19.7. The number of carbonyl (C=O) groups is 2. The van der Waals surface area contributed by atoms with Crippen LogP contribution in [0, 0.1) is 10.1 Å². The van der Waals surface area contributed by atoms with Crippen LogP contribution in [-0.2, 0) is 9.59 Å². The largest absolute Gasteiger partial charge is 0.458 e. The molecule has 11 nitrogen and oxygen atoms in total. The molecule has 2 aliphatic rings. The van der Waals surface area contributed by atoms with Gasteiger partial charge in [0.2, 0.25) is 11.8 Å². The number of rotatable bonds is 8. The highest BCUT2D eigenvalue weighted by Gasteiger charge is 2.31. The molecule has 4 rings (SSSR count). The number of nitrogens with one attached hydrogen (secondary N) is 2. The fourth-order valence-electron chi connectivity index (χ4n) is 4.53. The SMILES string of the molecule is CC(O)c1cc2cc(NC(=C[N+](=O)[O-])N[C@H]3CCCCN(CC(=O)N4CCCC4)C3=O)ccc2o1. The van der Waals surface area contributed by atoms with Gasteiger partial charge in [-0.1, -0.05) is 0 Å². The van der Waals surface area contributed by atoms with E-state index in [0.717, 1.165) is 50.4 Å². The number of anilines is 1. The number of hydrogen-bond acceptors (Lipinski definition) is 8. The van der Waals surface area contributed by atoms with Gasteiger partial charge in [-0.2, -0.15) is 0 Å². The first kappa shape index (κ1) is 24.5. The highest BCUT2D eigenvalue weighted by molar-refractivity contribution is 5.88. The van der Waals surface area contributed by atoms with Crippen molar-refractivity contribution in [2.75, 3.05) is 31.5 Å². The van der Waals surface area contributed by atoms with Gasteiger partial charge in [-0.15, -0.1) is 0 Å². The van der Waals surface area contributed by atoms with Crippen LogP contribution in [0.2, 0.25) is 0 Å². The van der Waals surface area contributed by atoms with E-state index in [-0.39, 0.29) is 24.2 Å². The predicted molar refractivity (Wildman–Crippen MR) is 129 cm³/mol. The van der Waals surface area contributed by atoms with Crippen molar-refractivity contribution in [1.82, 2.24) is 15.1 Å². The van der Waals surface area contributed by atoms with Crippen LogP contribution in [0.1, 0.15) is 50.9 Å². The Morgan fingerprint density at radius 2 is 2.00 bits per heavy atom. The van der Waals surface area contributed by atoms with Crippen LogP contribution >= 0.6 is 0 Å². The van der Waals surface area contributed by atoms with Gasteiger partial charge in [0.25, 0.3) is 6.20 Å². The molecule has 2 fully saturated rings. The summed E-state index contributed by atoms with van der Waals surface area (Å²) in [5.74, 6) is 0.197. The number of fused-ring (bicyclic) bond motifs is 1. The number of nitrogens with zero attached hydrogens (tertiary/aromatic N) is 3. The van der Waals surface area contributed by atoms with Crippen LogP contribution in [0.25, 0.3) is 11.0 Å². The summed E-state index contributed by atoms with van der Waals surface area (Å²) in [6, 6.07) is 6.16. The lowest BCUT2D eigenvalue weighted by molar-refractivity contribution is -0.403. The average Bonchev–Trinajstić information content (AvgIpc) is 3.46. The van der Waals surface area contributed by atoms with Crippen molar-refractivity contribution in [3.63, 3.8) is 0 Å². The number of hydrogen-bond donors (Lipinski definition) is 3. The summed E-state index contributed by atoms with van der Waals surface area (Å²) < 4.78 is 5.59. The van der Waals surface area contributed by atoms with Crippen molar-refractivity contribution in [2.45, 2.75) is 51.2 Å². The van der Waals surface area contributed by atoms with Gasteiger partial charge >= 0.3 is 0 Å². The van der Waals surface area contributed by atoms with Gasteiger partial charge in [-0.3, -0.25) is 19.7 Å². The summed E-state index contributed by atoms with van der Waals surface area (Å²) in [6.07, 6.45) is 4.02. The first-order chi connectivity index (χ1) is 16.8. The molecule has 2 saturated heterocycles. The van der Waals surface area contributed by atoms with Crippen LogP contribution in [-0.4, -0.2) is 63.9 Å². The highest BCUT2D eigenvalue weighted by atomic mass is 16.6. The second kappa shape index (κ2) is 10.8. The summed E-state index contributed by atoms with van der Waals surface area (Å²) in [7, 11) is 0. The van der Waals surface area contributed by atoms with Crippen LogP contribution in [0.4, 0.5) is 5.69 Å². The normalized spacial score (nSPS) is 20.1. The molecule has 11 heteroatoms. The first-order valence-corrected chi connectivity index (χ1v) is 12.0. The maximum atomic E-state index is 13.2. The van der Waals surface area contributed by atoms with Crippen molar-refractivity contribution in [2.24, 2.45) is 0 Å². The molecule has 3 heterocycles. The monoisotopic (exact) mass is 485 g/mol. The summed E-state index contributed by atoms with van der Waals surface area (Å²) in [5.41, 5.74) is 1.13. The molecule has 1 unspecified atom stereocenters. The molecule has 188 valence electrons. The predicted octanol–water partition coefficient (Wildman–Crippen LogP) is 2.57. The van der Waals surface area contributed by atoms with E-state index in [4.69, 9.17) is 4.42 Å². The lowest BCUT2D eigenvalue weighted by Crippen LogP contribution is -2.49. The Bertz CT molecular complexity index is 1120. The number of carbonyl (C=O) groups excluding carboxylic acids is 2. The number of aliphatic hydroxyl groups is 1. The molecular weight excluding hydrogens is 454 g/mol. The number of furan rings is 1. The number of amides is 2. The molecule has 2 aliphatic heterocycles. The summed E-state index contributed by atoms with van der Waals surface area (Å²) in [5, 5.41) is 27.8. The van der Waals surface area contributed by atoms with Gasteiger partial charge < -0.3 is 30.0 Å². The van der Waals surface area contributed by atoms with Crippen molar-refractivity contribution in [3.8, 4) is 0 Å². The lowest BCUT2D eigenvalue weighted by Gasteiger charge is -2.27. The molecule has 0 radical (unpaired) electrons. The molecular formula is C24H31N5O6. The highest BCUT2D eigenvalue weighted by Crippen LogP contribution is 2.27. The van der Waals surface area contributed by atoms with E-state index in [9.17, 15) is 24.8 Å². The van der Waals surface area contributed by atoms with E-state index in [1.165, 1.54) is 0 Å². The average molecular weight is 486 g/mol. The molecule has 3 N–H and O–H groups in total. The number of nitro groups is 1. The van der Waals surface area contributed by atoms with Crippen LogP contribution in [0.15, 0.2) is 40.7 Å². The second-order valence-corrected chi connectivity index (χ2v) is 9.07. The third-order valence-electron chi connectivity index (χ3n) is 6.36. The van der Waals surface area contributed by atoms with Gasteiger partial charge in [0.05, 0.1) is 11.5 Å². The van der Waals surface area contributed by atoms with Gasteiger partial charge in [-0.05, 0) is 63.3 Å². The minimum atomic E-state index is -0.757. The molecule has 1 aromatic carbocycles. The molecule has 0 spiro atoms. The first-order valence-electron chi connectivity index (χ1n) is 12.0. The number of benzene rings is 1. The smallest absolute Gasteiger partial charge is 0.274 e. The molecule has 1 aromatic heterocycles. The number of aliphatic hydroxyl groups excluding tert-OH is 1. The zero-order chi connectivity index (χ0) is 24.9. The Kier molecular flexibility index (Phi) is 7.54. The van der Waals surface area contributed by atoms with Crippen molar-refractivity contribution in [3.05, 3.63) is 52.2 Å². The van der Waals surface area contributed by atoms with Crippen molar-refractivity contribution < 1.29 is 24.0 Å². The Labute approximate surface area is 202 Å². The summed E-state index contributed by atoms with van der Waals surface area (Å²) in [4.78, 5) is 39.9. The molecule has 35 heavy (non-hydrogen) atoms. The molecule has 0 saturated carbocycles. The fraction of sp³-hybridized carbons (Fsp3) is 0.500. The van der Waals surface area contributed by atoms with Crippen molar-refractivity contribution in [1.29, 1.82) is 0 Å². The van der Waals surface area contributed by atoms with E-state index in [2.05, 4.69) is 10.6 Å². The van der Waals surface area contributed by atoms with Crippen LogP contribution < -0.4 is 10.6 Å². The van der Waals surface area contributed by atoms with E-state index in [1.807, 2.05) is 0 Å². The van der Waals surface area contributed by atoms with E-state index < -0.39 is 17.1 Å². The van der Waals surface area contributed by atoms with Crippen molar-refractivity contribution >= 4 is 28.5 Å². The number of likely N-dealkylation sites (tertiary alicyclic amines) is 2. The zero-order valence-electron chi connectivity index (χ0n) is 19.7. The standard InChI is InChI=1S/C24H31N5O6/c1-16(30)21-13-17-12-18(7-8-20(17)35-21)25-22(14-29(33)34)26-19-6-2-3-11-28(24(19)32)15-23(31)27-9-4-5-10-27/h7-8,12-14,16,19,25-26,30H,2-6,9-11,15H2,1H3/t16?,19-/m0/s1. The van der Waals surface area contributed by atoms with Crippen LogP contribution in [0.3, 0.4) is 0 Å². The molecule has 0 aliphatic carbocycles. The Hall–Kier alpha value is -3.60. The maximum absolute atomic E-state index is 13.2. The molecule has 2 atom stereocenters. The van der Waals surface area contributed by atoms with E-state index >= 15 is 0 Å². The minimum absolute atomic E-state index is 0.0293. The molecule has 2 amide bonds. The summed E-state index contributed by atoms with van der Waals surface area (Å²) >= 11 is 0. The van der Waals surface area contributed by atoms with Gasteiger partial charge in [0, 0.05) is 30.7 Å². The Morgan fingerprint density at radius 1 is 1.26 bits per heavy atom. The fourth-order valence-corrected chi connectivity index (χ4v) is 4.53. The van der Waals surface area contributed by atoms with Gasteiger partial charge in [0.15, 0.2) is 5.82 Å². The Morgan fingerprint density at radius 3 is 2.71 bits per heavy atom. The molecule has 0 bridgehead atoms. The minimum Gasteiger partial charge on any atom is -0.458 e. The topological polar surface area (TPSA) is 141 Å². The van der Waals surface area contributed by atoms with E-state index in [0.29, 0.717) is 30.0 Å². The third kappa shape index (κ3) is 6.10.